The lowest BCUT2D eigenvalue weighted by atomic mass is 10.2. The summed E-state index contributed by atoms with van der Waals surface area (Å²) in [5.74, 6) is -0.816. The van der Waals surface area contributed by atoms with Crippen LogP contribution < -0.4 is 15.8 Å². The number of hydrogen-bond donors (Lipinski definition) is 1. The Bertz CT molecular complexity index is 1070. The fourth-order valence-electron chi connectivity index (χ4n) is 3.22. The molecule has 0 radical (unpaired) electrons. The third kappa shape index (κ3) is 4.55. The van der Waals surface area contributed by atoms with Crippen LogP contribution in [0.25, 0.3) is 5.69 Å². The van der Waals surface area contributed by atoms with Gasteiger partial charge in [0.15, 0.2) is 0 Å². The predicted molar refractivity (Wildman–Crippen MR) is 110 cm³/mol. The molecule has 4 rings (SSSR count). The summed E-state index contributed by atoms with van der Waals surface area (Å²) in [5, 5.41) is 6.92. The Kier molecular flexibility index (Phi) is 5.85. The van der Waals surface area contributed by atoms with Crippen molar-refractivity contribution < 1.29 is 13.9 Å². The number of anilines is 1. The number of hydrogen-bond acceptors (Lipinski definition) is 5. The van der Waals surface area contributed by atoms with Gasteiger partial charge in [0, 0.05) is 31.4 Å². The summed E-state index contributed by atoms with van der Waals surface area (Å²) >= 11 is 0. The van der Waals surface area contributed by atoms with Crippen molar-refractivity contribution in [2.24, 2.45) is 0 Å². The number of halogens is 1. The Hall–Kier alpha value is -3.52. The van der Waals surface area contributed by atoms with Gasteiger partial charge in [0.2, 0.25) is 0 Å². The van der Waals surface area contributed by atoms with E-state index >= 15 is 0 Å². The van der Waals surface area contributed by atoms with Gasteiger partial charge in [-0.2, -0.15) is 9.78 Å². The van der Waals surface area contributed by atoms with Crippen LogP contribution in [0.5, 0.6) is 0 Å². The van der Waals surface area contributed by atoms with Crippen molar-refractivity contribution in [1.82, 2.24) is 15.1 Å². The van der Waals surface area contributed by atoms with Crippen LogP contribution in [0.4, 0.5) is 10.1 Å². The van der Waals surface area contributed by atoms with Crippen LogP contribution in [0.3, 0.4) is 0 Å². The van der Waals surface area contributed by atoms with Crippen molar-refractivity contribution >= 4 is 11.6 Å². The summed E-state index contributed by atoms with van der Waals surface area (Å²) < 4.78 is 19.6. The van der Waals surface area contributed by atoms with Crippen LogP contribution in [0.1, 0.15) is 16.1 Å². The molecular weight excluding hydrogens is 387 g/mol. The van der Waals surface area contributed by atoms with Gasteiger partial charge >= 0.3 is 0 Å². The van der Waals surface area contributed by atoms with E-state index in [9.17, 15) is 14.0 Å². The average molecular weight is 408 g/mol. The first-order valence-electron chi connectivity index (χ1n) is 9.66. The third-order valence-corrected chi connectivity index (χ3v) is 4.87. The van der Waals surface area contributed by atoms with Gasteiger partial charge in [-0.25, -0.2) is 4.39 Å². The molecule has 2 heterocycles. The maximum atomic E-state index is 13.1. The first-order chi connectivity index (χ1) is 14.6. The zero-order valence-electron chi connectivity index (χ0n) is 16.3. The molecule has 0 aliphatic carbocycles. The number of carbonyl (C=O) groups excluding carboxylic acids is 1. The maximum absolute atomic E-state index is 13.1. The molecule has 0 spiro atoms. The summed E-state index contributed by atoms with van der Waals surface area (Å²) in [6, 6.07) is 16.0. The van der Waals surface area contributed by atoms with Crippen LogP contribution in [-0.4, -0.2) is 42.0 Å². The molecule has 0 unspecified atom stereocenters. The van der Waals surface area contributed by atoms with Gasteiger partial charge < -0.3 is 15.0 Å². The normalized spacial score (nSPS) is 13.8. The zero-order valence-corrected chi connectivity index (χ0v) is 16.3. The van der Waals surface area contributed by atoms with Gasteiger partial charge in [-0.15, -0.1) is 0 Å². The lowest BCUT2D eigenvalue weighted by Crippen LogP contribution is -2.36. The highest BCUT2D eigenvalue weighted by atomic mass is 19.1. The van der Waals surface area contributed by atoms with Gasteiger partial charge in [-0.3, -0.25) is 9.59 Å². The minimum absolute atomic E-state index is 0.101. The minimum Gasteiger partial charge on any atom is -0.378 e. The summed E-state index contributed by atoms with van der Waals surface area (Å²) in [7, 11) is 0. The van der Waals surface area contributed by atoms with E-state index < -0.39 is 17.3 Å². The van der Waals surface area contributed by atoms with Crippen molar-refractivity contribution in [3.8, 4) is 5.69 Å². The van der Waals surface area contributed by atoms with Gasteiger partial charge in [0.1, 0.15) is 11.5 Å². The van der Waals surface area contributed by atoms with Gasteiger partial charge in [-0.1, -0.05) is 12.1 Å². The number of nitrogens with zero attached hydrogens (tertiary/aromatic N) is 3. The van der Waals surface area contributed by atoms with Crippen molar-refractivity contribution in [3.63, 3.8) is 0 Å². The van der Waals surface area contributed by atoms with Gasteiger partial charge in [0.25, 0.3) is 11.5 Å². The Labute approximate surface area is 172 Å². The lowest BCUT2D eigenvalue weighted by Gasteiger charge is -2.28. The molecule has 30 heavy (non-hydrogen) atoms. The molecule has 154 valence electrons. The van der Waals surface area contributed by atoms with Crippen LogP contribution in [0, 0.1) is 5.82 Å². The molecule has 1 saturated heterocycles. The highest BCUT2D eigenvalue weighted by Gasteiger charge is 2.12. The second-order valence-electron chi connectivity index (χ2n) is 6.89. The molecule has 1 aliphatic heterocycles. The fourth-order valence-corrected chi connectivity index (χ4v) is 3.22. The molecular formula is C22H21FN4O3. The number of carbonyl (C=O) groups is 1. The number of nitrogens with one attached hydrogen (secondary N) is 1. The van der Waals surface area contributed by atoms with E-state index in [1.54, 1.807) is 0 Å². The fraction of sp³-hybridized carbons (Fsp3) is 0.227. The lowest BCUT2D eigenvalue weighted by molar-refractivity contribution is 0.0944. The van der Waals surface area contributed by atoms with Crippen molar-refractivity contribution in [3.05, 3.63) is 88.1 Å². The molecule has 2 aromatic carbocycles. The predicted octanol–water partition coefficient (Wildman–Crippen LogP) is 2.14. The highest BCUT2D eigenvalue weighted by molar-refractivity contribution is 5.92. The van der Waals surface area contributed by atoms with E-state index in [2.05, 4.69) is 15.3 Å². The second-order valence-corrected chi connectivity index (χ2v) is 6.89. The quantitative estimate of drug-likeness (QED) is 0.700. The molecule has 8 heteroatoms. The first kappa shape index (κ1) is 19.8. The van der Waals surface area contributed by atoms with E-state index in [-0.39, 0.29) is 5.69 Å². The number of rotatable bonds is 5. The molecule has 0 atom stereocenters. The van der Waals surface area contributed by atoms with Gasteiger partial charge in [-0.05, 0) is 48.0 Å². The smallest absolute Gasteiger partial charge is 0.272 e. The van der Waals surface area contributed by atoms with Crippen molar-refractivity contribution in [2.45, 2.75) is 6.54 Å². The number of aromatic nitrogens is 2. The molecule has 7 nitrogen and oxygen atoms in total. The number of morpholine rings is 1. The topological polar surface area (TPSA) is 76.5 Å². The van der Waals surface area contributed by atoms with Crippen molar-refractivity contribution in [1.29, 1.82) is 0 Å². The Morgan fingerprint density at radius 3 is 2.33 bits per heavy atom. The maximum Gasteiger partial charge on any atom is 0.272 e. The SMILES string of the molecule is O=C(NCc1ccc(N2CCOCC2)cc1)c1ccc(=O)n(-c2ccc(F)cc2)n1. The zero-order chi connectivity index (χ0) is 20.9. The van der Waals surface area contributed by atoms with Crippen molar-refractivity contribution in [2.75, 3.05) is 31.2 Å². The standard InChI is InChI=1S/C22H21FN4O3/c23-17-3-7-19(8-4-17)27-21(28)10-9-20(25-27)22(29)24-15-16-1-5-18(6-2-16)26-11-13-30-14-12-26/h1-10H,11-15H2,(H,24,29). The van der Waals surface area contributed by atoms with E-state index in [0.717, 1.165) is 42.2 Å². The van der Waals surface area contributed by atoms with Crippen LogP contribution in [0.15, 0.2) is 65.5 Å². The average Bonchev–Trinajstić information content (AvgIpc) is 2.79. The number of amides is 1. The van der Waals surface area contributed by atoms with Crippen LogP contribution in [-0.2, 0) is 11.3 Å². The monoisotopic (exact) mass is 408 g/mol. The summed E-state index contributed by atoms with van der Waals surface area (Å²) in [5.41, 5.74) is 2.16. The summed E-state index contributed by atoms with van der Waals surface area (Å²) in [6.07, 6.45) is 0. The summed E-state index contributed by atoms with van der Waals surface area (Å²) in [6.45, 7) is 3.52. The van der Waals surface area contributed by atoms with E-state index in [1.165, 1.54) is 36.4 Å². The molecule has 0 bridgehead atoms. The molecule has 3 aromatic rings. The van der Waals surface area contributed by atoms with E-state index in [0.29, 0.717) is 12.2 Å². The van der Waals surface area contributed by atoms with E-state index in [4.69, 9.17) is 4.74 Å². The Balaban J connectivity index is 1.42. The largest absolute Gasteiger partial charge is 0.378 e. The molecule has 1 fully saturated rings. The van der Waals surface area contributed by atoms with E-state index in [1.807, 2.05) is 24.3 Å². The number of benzene rings is 2. The molecule has 1 N–H and O–H groups in total. The number of ether oxygens (including phenoxy) is 1. The van der Waals surface area contributed by atoms with Gasteiger partial charge in [0.05, 0.1) is 18.9 Å². The Morgan fingerprint density at radius 1 is 0.967 bits per heavy atom. The molecule has 1 aliphatic rings. The molecule has 0 saturated carbocycles. The van der Waals surface area contributed by atoms with Crippen LogP contribution in [0.2, 0.25) is 0 Å². The Morgan fingerprint density at radius 2 is 1.63 bits per heavy atom. The minimum atomic E-state index is -0.416. The second kappa shape index (κ2) is 8.87. The molecule has 1 amide bonds. The first-order valence-corrected chi connectivity index (χ1v) is 9.66. The highest BCUT2D eigenvalue weighted by Crippen LogP contribution is 2.16. The third-order valence-electron chi connectivity index (χ3n) is 4.87. The van der Waals surface area contributed by atoms with Crippen LogP contribution >= 0.6 is 0 Å². The molecule has 1 aromatic heterocycles. The summed E-state index contributed by atoms with van der Waals surface area (Å²) in [4.78, 5) is 26.9.